The highest BCUT2D eigenvalue weighted by Gasteiger charge is 2.22. The molecule has 1 aromatic heterocycles. The summed E-state index contributed by atoms with van der Waals surface area (Å²) in [6, 6.07) is 7.79. The van der Waals surface area contributed by atoms with Gasteiger partial charge >= 0.3 is 0 Å². The lowest BCUT2D eigenvalue weighted by molar-refractivity contribution is 0.600. The molecule has 2 aromatic rings. The van der Waals surface area contributed by atoms with Crippen LogP contribution in [0.4, 0.5) is 11.5 Å². The fraction of sp³-hybridized carbons (Fsp3) is 0.167. The Morgan fingerprint density at radius 3 is 2.60 bits per heavy atom. The van der Waals surface area contributed by atoms with Crippen molar-refractivity contribution in [2.75, 3.05) is 10.5 Å². The van der Waals surface area contributed by atoms with Crippen LogP contribution in [0.15, 0.2) is 29.2 Å². The molecule has 0 unspecified atom stereocenters. The third-order valence-corrected chi connectivity index (χ3v) is 4.19. The minimum absolute atomic E-state index is 0.0671. The summed E-state index contributed by atoms with van der Waals surface area (Å²) in [4.78, 5) is -0.0965. The van der Waals surface area contributed by atoms with Crippen LogP contribution in [0.25, 0.3) is 0 Å². The molecule has 0 spiro atoms. The molecule has 104 valence electrons. The van der Waals surface area contributed by atoms with Crippen molar-refractivity contribution in [1.29, 1.82) is 5.26 Å². The SMILES string of the molecule is Cc1nn(C)c(NS(=O)(=O)c2ccccc2C#N)c1N. The van der Waals surface area contributed by atoms with Crippen LogP contribution >= 0.6 is 0 Å². The number of nitrogens with zero attached hydrogens (tertiary/aromatic N) is 3. The van der Waals surface area contributed by atoms with Gasteiger partial charge in [0.05, 0.1) is 16.9 Å². The number of nitrogens with two attached hydrogens (primary N) is 1. The van der Waals surface area contributed by atoms with E-state index < -0.39 is 10.0 Å². The second-order valence-electron chi connectivity index (χ2n) is 4.18. The van der Waals surface area contributed by atoms with Gasteiger partial charge in [-0.25, -0.2) is 13.1 Å². The van der Waals surface area contributed by atoms with Gasteiger partial charge in [-0.15, -0.1) is 0 Å². The molecule has 0 amide bonds. The van der Waals surface area contributed by atoms with Crippen molar-refractivity contribution in [1.82, 2.24) is 9.78 Å². The molecular formula is C12H13N5O2S. The number of rotatable bonds is 3. The molecule has 20 heavy (non-hydrogen) atoms. The van der Waals surface area contributed by atoms with Gasteiger partial charge < -0.3 is 5.73 Å². The molecule has 1 heterocycles. The minimum atomic E-state index is -3.90. The Hall–Kier alpha value is -2.53. The van der Waals surface area contributed by atoms with E-state index in [0.29, 0.717) is 5.69 Å². The van der Waals surface area contributed by atoms with E-state index in [1.807, 2.05) is 6.07 Å². The van der Waals surface area contributed by atoms with Gasteiger partial charge in [-0.3, -0.25) is 4.72 Å². The lowest BCUT2D eigenvalue weighted by Crippen LogP contribution is -2.17. The van der Waals surface area contributed by atoms with E-state index in [-0.39, 0.29) is 22.0 Å². The van der Waals surface area contributed by atoms with E-state index in [9.17, 15) is 8.42 Å². The van der Waals surface area contributed by atoms with E-state index in [4.69, 9.17) is 11.0 Å². The fourth-order valence-corrected chi connectivity index (χ4v) is 3.04. The van der Waals surface area contributed by atoms with Gasteiger partial charge in [-0.05, 0) is 19.1 Å². The molecule has 0 aliphatic rings. The van der Waals surface area contributed by atoms with E-state index in [1.165, 1.54) is 16.8 Å². The van der Waals surface area contributed by atoms with Crippen LogP contribution < -0.4 is 10.5 Å². The molecule has 0 atom stereocenters. The Morgan fingerprint density at radius 2 is 2.05 bits per heavy atom. The maximum atomic E-state index is 12.3. The molecule has 8 heteroatoms. The Bertz CT molecular complexity index is 802. The van der Waals surface area contributed by atoms with Gasteiger partial charge in [-0.2, -0.15) is 10.4 Å². The molecule has 2 rings (SSSR count). The first kappa shape index (κ1) is 13.9. The summed E-state index contributed by atoms with van der Waals surface area (Å²) >= 11 is 0. The van der Waals surface area contributed by atoms with E-state index >= 15 is 0 Å². The molecule has 7 nitrogen and oxygen atoms in total. The van der Waals surface area contributed by atoms with E-state index in [0.717, 1.165) is 0 Å². The van der Waals surface area contributed by atoms with Crippen LogP contribution in [-0.2, 0) is 17.1 Å². The maximum absolute atomic E-state index is 12.3. The van der Waals surface area contributed by atoms with Gasteiger partial charge in [0.2, 0.25) is 0 Å². The highest BCUT2D eigenvalue weighted by molar-refractivity contribution is 7.92. The number of nitrogen functional groups attached to an aromatic ring is 1. The largest absolute Gasteiger partial charge is 0.394 e. The van der Waals surface area contributed by atoms with Crippen molar-refractivity contribution in [3.05, 3.63) is 35.5 Å². The van der Waals surface area contributed by atoms with Crippen LogP contribution in [0.1, 0.15) is 11.3 Å². The first-order valence-electron chi connectivity index (χ1n) is 5.68. The van der Waals surface area contributed by atoms with Crippen molar-refractivity contribution in [3.63, 3.8) is 0 Å². The summed E-state index contributed by atoms with van der Waals surface area (Å²) in [5, 5.41) is 13.0. The fourth-order valence-electron chi connectivity index (χ4n) is 1.77. The average molecular weight is 291 g/mol. The number of aromatic nitrogens is 2. The Balaban J connectivity index is 2.50. The Kier molecular flexibility index (Phi) is 3.38. The lowest BCUT2D eigenvalue weighted by Gasteiger charge is -2.10. The molecule has 0 fully saturated rings. The topological polar surface area (TPSA) is 114 Å². The second kappa shape index (κ2) is 4.86. The van der Waals surface area contributed by atoms with Gasteiger partial charge in [-0.1, -0.05) is 12.1 Å². The van der Waals surface area contributed by atoms with Crippen molar-refractivity contribution >= 4 is 21.5 Å². The van der Waals surface area contributed by atoms with Crippen LogP contribution in [-0.4, -0.2) is 18.2 Å². The number of benzene rings is 1. The van der Waals surface area contributed by atoms with Crippen molar-refractivity contribution < 1.29 is 8.42 Å². The van der Waals surface area contributed by atoms with Gasteiger partial charge in [0.25, 0.3) is 10.0 Å². The highest BCUT2D eigenvalue weighted by Crippen LogP contribution is 2.25. The molecule has 1 aromatic carbocycles. The van der Waals surface area contributed by atoms with Gasteiger partial charge in [0.1, 0.15) is 11.0 Å². The normalized spacial score (nSPS) is 11.1. The Labute approximate surface area is 116 Å². The smallest absolute Gasteiger partial charge is 0.264 e. The summed E-state index contributed by atoms with van der Waals surface area (Å²) in [6.07, 6.45) is 0. The van der Waals surface area contributed by atoms with Crippen LogP contribution in [0.5, 0.6) is 0 Å². The number of nitrogens with one attached hydrogen (secondary N) is 1. The summed E-state index contributed by atoms with van der Waals surface area (Å²) < 4.78 is 28.4. The zero-order valence-corrected chi connectivity index (χ0v) is 11.8. The number of anilines is 2. The molecule has 0 radical (unpaired) electrons. The summed E-state index contributed by atoms with van der Waals surface area (Å²) in [7, 11) is -2.32. The average Bonchev–Trinajstić information content (AvgIpc) is 2.65. The Morgan fingerprint density at radius 1 is 1.40 bits per heavy atom. The number of aryl methyl sites for hydroxylation is 2. The monoisotopic (exact) mass is 291 g/mol. The molecular weight excluding hydrogens is 278 g/mol. The summed E-state index contributed by atoms with van der Waals surface area (Å²) in [5.74, 6) is 0.176. The van der Waals surface area contributed by atoms with Crippen molar-refractivity contribution in [2.24, 2.45) is 7.05 Å². The van der Waals surface area contributed by atoms with Crippen LogP contribution in [0.3, 0.4) is 0 Å². The van der Waals surface area contributed by atoms with Crippen molar-refractivity contribution in [3.8, 4) is 6.07 Å². The number of sulfonamides is 1. The van der Waals surface area contributed by atoms with Crippen LogP contribution in [0, 0.1) is 18.3 Å². The summed E-state index contributed by atoms with van der Waals surface area (Å²) in [5.41, 5.74) is 6.63. The molecule has 0 aliphatic carbocycles. The van der Waals surface area contributed by atoms with Crippen molar-refractivity contribution in [2.45, 2.75) is 11.8 Å². The third-order valence-electron chi connectivity index (χ3n) is 2.80. The maximum Gasteiger partial charge on any atom is 0.264 e. The number of hydrogen-bond acceptors (Lipinski definition) is 5. The zero-order valence-electron chi connectivity index (χ0n) is 11.0. The highest BCUT2D eigenvalue weighted by atomic mass is 32.2. The zero-order chi connectivity index (χ0) is 14.9. The van der Waals surface area contributed by atoms with E-state index in [2.05, 4.69) is 9.82 Å². The number of hydrogen-bond donors (Lipinski definition) is 2. The minimum Gasteiger partial charge on any atom is -0.394 e. The standard InChI is InChI=1S/C12H13N5O2S/c1-8-11(14)12(17(2)15-8)16-20(18,19)10-6-4-3-5-9(10)7-13/h3-6,16H,14H2,1-2H3. The number of nitriles is 1. The predicted molar refractivity (Wildman–Crippen MR) is 74.3 cm³/mol. The van der Waals surface area contributed by atoms with Gasteiger partial charge in [0.15, 0.2) is 5.82 Å². The molecule has 0 bridgehead atoms. The molecule has 3 N–H and O–H groups in total. The first-order valence-corrected chi connectivity index (χ1v) is 7.16. The predicted octanol–water partition coefficient (Wildman–Crippen LogP) is 0.983. The van der Waals surface area contributed by atoms with Gasteiger partial charge in [0, 0.05) is 7.05 Å². The third kappa shape index (κ3) is 2.31. The quantitative estimate of drug-likeness (QED) is 0.875. The van der Waals surface area contributed by atoms with Crippen LogP contribution in [0.2, 0.25) is 0 Å². The molecule has 0 saturated heterocycles. The van der Waals surface area contributed by atoms with E-state index in [1.54, 1.807) is 26.1 Å². The lowest BCUT2D eigenvalue weighted by atomic mass is 10.2. The molecule has 0 saturated carbocycles. The second-order valence-corrected chi connectivity index (χ2v) is 5.84. The first-order chi connectivity index (χ1) is 9.36. The molecule has 0 aliphatic heterocycles. The summed E-state index contributed by atoms with van der Waals surface area (Å²) in [6.45, 7) is 1.68.